The Hall–Kier alpha value is -1.35. The fourth-order valence-corrected chi connectivity index (χ4v) is 3.48. The maximum atomic E-state index is 12.9. The zero-order chi connectivity index (χ0) is 13.3. The lowest BCUT2D eigenvalue weighted by molar-refractivity contribution is -0.138. The van der Waals surface area contributed by atoms with E-state index in [0.717, 1.165) is 45.4 Å². The van der Waals surface area contributed by atoms with Crippen molar-refractivity contribution in [3.8, 4) is 0 Å². The van der Waals surface area contributed by atoms with Crippen molar-refractivity contribution >= 4 is 5.91 Å². The van der Waals surface area contributed by atoms with Crippen molar-refractivity contribution in [1.82, 2.24) is 10.2 Å². The van der Waals surface area contributed by atoms with Crippen LogP contribution in [-0.4, -0.2) is 37.0 Å². The lowest BCUT2D eigenvalue weighted by Crippen LogP contribution is -2.53. The molecule has 19 heavy (non-hydrogen) atoms. The van der Waals surface area contributed by atoms with E-state index in [4.69, 9.17) is 0 Å². The molecular weight excluding hydrogens is 236 g/mol. The number of hydrogen-bond donors (Lipinski definition) is 1. The number of piperazine rings is 1. The summed E-state index contributed by atoms with van der Waals surface area (Å²) in [6.45, 7) is 5.66. The highest BCUT2D eigenvalue weighted by atomic mass is 16.2. The van der Waals surface area contributed by atoms with Gasteiger partial charge in [0, 0.05) is 26.2 Å². The minimum absolute atomic E-state index is 0.313. The molecule has 1 unspecified atom stereocenters. The highest BCUT2D eigenvalue weighted by Crippen LogP contribution is 2.38. The van der Waals surface area contributed by atoms with Crippen molar-refractivity contribution in [2.24, 2.45) is 0 Å². The minimum Gasteiger partial charge on any atom is -0.339 e. The smallest absolute Gasteiger partial charge is 0.233 e. The number of nitrogens with one attached hydrogen (secondary N) is 1. The van der Waals surface area contributed by atoms with Crippen molar-refractivity contribution in [2.75, 3.05) is 26.2 Å². The quantitative estimate of drug-likeness (QED) is 0.832. The molecule has 102 valence electrons. The van der Waals surface area contributed by atoms with Gasteiger partial charge in [-0.2, -0.15) is 0 Å². The first kappa shape index (κ1) is 12.7. The first-order valence-corrected chi connectivity index (χ1v) is 7.30. The van der Waals surface area contributed by atoms with Gasteiger partial charge < -0.3 is 10.2 Å². The Morgan fingerprint density at radius 2 is 2.00 bits per heavy atom. The standard InChI is InChI=1S/C16H22N2O/c1-16(15(19)18-11-9-17-10-12-18)8-4-6-13-5-2-3-7-14(13)16/h2-3,5,7,17H,4,6,8-12H2,1H3. The maximum absolute atomic E-state index is 12.9. The topological polar surface area (TPSA) is 32.3 Å². The highest BCUT2D eigenvalue weighted by Gasteiger charge is 2.41. The third-order valence-electron chi connectivity index (χ3n) is 4.61. The summed E-state index contributed by atoms with van der Waals surface area (Å²) in [5.74, 6) is 0.321. The molecule has 2 aliphatic rings. The van der Waals surface area contributed by atoms with E-state index in [0.29, 0.717) is 5.91 Å². The van der Waals surface area contributed by atoms with Crippen molar-refractivity contribution in [1.29, 1.82) is 0 Å². The number of carbonyl (C=O) groups excluding carboxylic acids is 1. The summed E-state index contributed by atoms with van der Waals surface area (Å²) < 4.78 is 0. The average molecular weight is 258 g/mol. The summed E-state index contributed by atoms with van der Waals surface area (Å²) in [5, 5.41) is 3.31. The summed E-state index contributed by atoms with van der Waals surface area (Å²) in [7, 11) is 0. The van der Waals surface area contributed by atoms with E-state index >= 15 is 0 Å². The molecule has 3 rings (SSSR count). The fourth-order valence-electron chi connectivity index (χ4n) is 3.48. The first-order chi connectivity index (χ1) is 9.22. The van der Waals surface area contributed by atoms with Crippen LogP contribution in [0.3, 0.4) is 0 Å². The third-order valence-corrected chi connectivity index (χ3v) is 4.61. The molecule has 1 aromatic carbocycles. The number of aryl methyl sites for hydroxylation is 1. The molecular formula is C16H22N2O. The molecule has 0 spiro atoms. The van der Waals surface area contributed by atoms with Gasteiger partial charge in [0.15, 0.2) is 0 Å². The van der Waals surface area contributed by atoms with E-state index in [1.807, 2.05) is 4.90 Å². The first-order valence-electron chi connectivity index (χ1n) is 7.30. The molecule has 1 aromatic rings. The molecule has 1 aliphatic heterocycles. The predicted octanol–water partition coefficient (Wildman–Crippen LogP) is 1.71. The molecule has 3 nitrogen and oxygen atoms in total. The van der Waals surface area contributed by atoms with Crippen LogP contribution >= 0.6 is 0 Å². The Bertz CT molecular complexity index is 479. The lowest BCUT2D eigenvalue weighted by atomic mass is 9.70. The number of hydrogen-bond acceptors (Lipinski definition) is 2. The van der Waals surface area contributed by atoms with Crippen LogP contribution in [0.1, 0.15) is 30.9 Å². The molecule has 1 amide bonds. The number of fused-ring (bicyclic) bond motifs is 1. The number of amides is 1. The van der Waals surface area contributed by atoms with Crippen LogP contribution in [0.15, 0.2) is 24.3 Å². The second kappa shape index (κ2) is 4.97. The molecule has 1 aliphatic carbocycles. The van der Waals surface area contributed by atoms with Gasteiger partial charge >= 0.3 is 0 Å². The van der Waals surface area contributed by atoms with E-state index < -0.39 is 0 Å². The Morgan fingerprint density at radius 1 is 1.26 bits per heavy atom. The Balaban J connectivity index is 1.92. The fraction of sp³-hybridized carbons (Fsp3) is 0.562. The van der Waals surface area contributed by atoms with Crippen LogP contribution in [0.2, 0.25) is 0 Å². The molecule has 1 atom stereocenters. The van der Waals surface area contributed by atoms with Gasteiger partial charge in [0.25, 0.3) is 0 Å². The largest absolute Gasteiger partial charge is 0.339 e. The van der Waals surface area contributed by atoms with Gasteiger partial charge in [-0.3, -0.25) is 4.79 Å². The summed E-state index contributed by atoms with van der Waals surface area (Å²) in [6.07, 6.45) is 3.21. The minimum atomic E-state index is -0.313. The van der Waals surface area contributed by atoms with Crippen molar-refractivity contribution in [3.05, 3.63) is 35.4 Å². The lowest BCUT2D eigenvalue weighted by Gasteiger charge is -2.40. The number of carbonyl (C=O) groups is 1. The van der Waals surface area contributed by atoms with E-state index in [1.165, 1.54) is 11.1 Å². The average Bonchev–Trinajstić information content (AvgIpc) is 2.48. The maximum Gasteiger partial charge on any atom is 0.233 e. The summed E-state index contributed by atoms with van der Waals surface area (Å²) in [5.41, 5.74) is 2.30. The molecule has 1 N–H and O–H groups in total. The van der Waals surface area contributed by atoms with Crippen LogP contribution in [0.5, 0.6) is 0 Å². The second-order valence-corrected chi connectivity index (χ2v) is 5.89. The van der Waals surface area contributed by atoms with Gasteiger partial charge in [0.05, 0.1) is 5.41 Å². The summed E-state index contributed by atoms with van der Waals surface area (Å²) in [6, 6.07) is 8.47. The predicted molar refractivity (Wildman–Crippen MR) is 76.2 cm³/mol. The Labute approximate surface area is 115 Å². The van der Waals surface area contributed by atoms with Crippen molar-refractivity contribution in [2.45, 2.75) is 31.6 Å². The normalized spacial score (nSPS) is 26.9. The molecule has 3 heteroatoms. The molecule has 1 heterocycles. The van der Waals surface area contributed by atoms with Gasteiger partial charge in [0.2, 0.25) is 5.91 Å². The van der Waals surface area contributed by atoms with E-state index in [1.54, 1.807) is 0 Å². The number of benzene rings is 1. The van der Waals surface area contributed by atoms with Crippen molar-refractivity contribution in [3.63, 3.8) is 0 Å². The molecule has 0 saturated carbocycles. The van der Waals surface area contributed by atoms with Gasteiger partial charge in [0.1, 0.15) is 0 Å². The van der Waals surface area contributed by atoms with Crippen molar-refractivity contribution < 1.29 is 4.79 Å². The second-order valence-electron chi connectivity index (χ2n) is 5.89. The summed E-state index contributed by atoms with van der Waals surface area (Å²) in [4.78, 5) is 15.0. The molecule has 0 radical (unpaired) electrons. The molecule has 0 bridgehead atoms. The van der Waals surface area contributed by atoms with Gasteiger partial charge in [-0.25, -0.2) is 0 Å². The Kier molecular flexibility index (Phi) is 3.31. The molecule has 0 aromatic heterocycles. The summed E-state index contributed by atoms with van der Waals surface area (Å²) >= 11 is 0. The van der Waals surface area contributed by atoms with Crippen LogP contribution in [0.25, 0.3) is 0 Å². The van der Waals surface area contributed by atoms with Crippen LogP contribution in [0.4, 0.5) is 0 Å². The van der Waals surface area contributed by atoms with E-state index in [9.17, 15) is 4.79 Å². The van der Waals surface area contributed by atoms with E-state index in [-0.39, 0.29) is 5.41 Å². The monoisotopic (exact) mass is 258 g/mol. The molecule has 1 fully saturated rings. The van der Waals surface area contributed by atoms with Gasteiger partial charge in [-0.15, -0.1) is 0 Å². The van der Waals surface area contributed by atoms with Gasteiger partial charge in [-0.1, -0.05) is 24.3 Å². The zero-order valence-electron chi connectivity index (χ0n) is 11.6. The third kappa shape index (κ3) is 2.16. The zero-order valence-corrected chi connectivity index (χ0v) is 11.6. The highest BCUT2D eigenvalue weighted by molar-refractivity contribution is 5.88. The van der Waals surface area contributed by atoms with E-state index in [2.05, 4.69) is 36.5 Å². The molecule has 1 saturated heterocycles. The van der Waals surface area contributed by atoms with Crippen LogP contribution < -0.4 is 5.32 Å². The van der Waals surface area contributed by atoms with Crippen LogP contribution in [0, 0.1) is 0 Å². The Morgan fingerprint density at radius 3 is 2.79 bits per heavy atom. The number of rotatable bonds is 1. The number of nitrogens with zero attached hydrogens (tertiary/aromatic N) is 1. The van der Waals surface area contributed by atoms with Gasteiger partial charge in [-0.05, 0) is 37.3 Å². The van der Waals surface area contributed by atoms with Crippen LogP contribution in [-0.2, 0) is 16.6 Å². The SMILES string of the molecule is CC1(C(=O)N2CCNCC2)CCCc2ccccc21.